The summed E-state index contributed by atoms with van der Waals surface area (Å²) in [5.74, 6) is 1.54. The lowest BCUT2D eigenvalue weighted by molar-refractivity contribution is 0.237. The minimum Gasteiger partial charge on any atom is -0.492 e. The maximum absolute atomic E-state index is 6.53. The van der Waals surface area contributed by atoms with Crippen LogP contribution in [0.2, 0.25) is 5.02 Å². The van der Waals surface area contributed by atoms with Crippen LogP contribution in [-0.4, -0.2) is 66.1 Å². The smallest absolute Gasteiger partial charge is 0.138 e. The van der Waals surface area contributed by atoms with Crippen molar-refractivity contribution in [1.29, 1.82) is 0 Å². The van der Waals surface area contributed by atoms with E-state index in [4.69, 9.17) is 21.3 Å². The van der Waals surface area contributed by atoms with E-state index < -0.39 is 0 Å². The highest BCUT2D eigenvalue weighted by Gasteiger charge is 2.13. The summed E-state index contributed by atoms with van der Waals surface area (Å²) in [6, 6.07) is 16.1. The van der Waals surface area contributed by atoms with Gasteiger partial charge in [-0.1, -0.05) is 41.9 Å². The summed E-state index contributed by atoms with van der Waals surface area (Å²) in [6.45, 7) is 8.43. The predicted molar refractivity (Wildman–Crippen MR) is 128 cm³/mol. The molecule has 164 valence electrons. The summed E-state index contributed by atoms with van der Waals surface area (Å²) in [5.41, 5.74) is 4.06. The highest BCUT2D eigenvalue weighted by atomic mass is 35.5. The number of rotatable bonds is 7. The number of hydrogen-bond donors (Lipinski definition) is 1. The number of H-pyrrole nitrogens is 1. The number of aryl methyl sites for hydroxylation is 1. The van der Waals surface area contributed by atoms with Crippen LogP contribution < -0.4 is 4.74 Å². The molecule has 0 amide bonds. The summed E-state index contributed by atoms with van der Waals surface area (Å²) >= 11 is 6.53. The first kappa shape index (κ1) is 21.9. The molecule has 0 radical (unpaired) electrons. The van der Waals surface area contributed by atoms with Gasteiger partial charge >= 0.3 is 0 Å². The summed E-state index contributed by atoms with van der Waals surface area (Å²) in [4.78, 5) is 13.1. The van der Waals surface area contributed by atoms with Crippen molar-refractivity contribution in [1.82, 2.24) is 19.8 Å². The number of aromatic nitrogens is 2. The van der Waals surface area contributed by atoms with Gasteiger partial charge in [0, 0.05) is 36.5 Å². The maximum Gasteiger partial charge on any atom is 0.138 e. The third kappa shape index (κ3) is 5.67. The molecule has 2 heterocycles. The first-order valence-electron chi connectivity index (χ1n) is 11.1. The molecule has 2 aromatic carbocycles. The normalized spacial score (nSPS) is 15.7. The van der Waals surface area contributed by atoms with Crippen LogP contribution in [-0.2, 0) is 0 Å². The van der Waals surface area contributed by atoms with Gasteiger partial charge in [-0.15, -0.1) is 0 Å². The van der Waals surface area contributed by atoms with Crippen molar-refractivity contribution in [2.24, 2.45) is 0 Å². The number of likely N-dealkylation sites (N-methyl/N-ethyl adjacent to an activating group) is 1. The molecule has 1 N–H and O–H groups in total. The van der Waals surface area contributed by atoms with Crippen molar-refractivity contribution < 1.29 is 4.74 Å². The fourth-order valence-electron chi connectivity index (χ4n) is 4.03. The van der Waals surface area contributed by atoms with E-state index in [0.29, 0.717) is 11.6 Å². The van der Waals surface area contributed by atoms with Crippen LogP contribution >= 0.6 is 11.6 Å². The van der Waals surface area contributed by atoms with Gasteiger partial charge in [-0.25, -0.2) is 4.98 Å². The standard InChI is InChI=1S/C25H31ClN4O/c1-19-24(20-8-4-3-5-9-20)28-25(27-19)21-10-11-23(22(26)18-21)31-17-7-14-30-13-6-12-29(2)15-16-30/h3-5,8-11,18H,6-7,12-17H2,1-2H3,(H,27,28). The number of halogens is 1. The van der Waals surface area contributed by atoms with E-state index in [1.54, 1.807) is 0 Å². The zero-order valence-electron chi connectivity index (χ0n) is 18.4. The van der Waals surface area contributed by atoms with Crippen molar-refractivity contribution in [3.8, 4) is 28.4 Å². The largest absolute Gasteiger partial charge is 0.492 e. The molecule has 1 aliphatic rings. The molecule has 6 heteroatoms. The van der Waals surface area contributed by atoms with Gasteiger partial charge < -0.3 is 19.5 Å². The summed E-state index contributed by atoms with van der Waals surface area (Å²) in [7, 11) is 2.20. The Morgan fingerprint density at radius 1 is 1.03 bits per heavy atom. The molecule has 0 saturated carbocycles. The highest BCUT2D eigenvalue weighted by Crippen LogP contribution is 2.31. The van der Waals surface area contributed by atoms with Gasteiger partial charge in [0.2, 0.25) is 0 Å². The zero-order valence-corrected chi connectivity index (χ0v) is 19.2. The Bertz CT molecular complexity index is 988. The number of nitrogens with zero attached hydrogens (tertiary/aromatic N) is 3. The van der Waals surface area contributed by atoms with Gasteiger partial charge in [0.25, 0.3) is 0 Å². The Labute approximate surface area is 190 Å². The molecule has 0 bridgehead atoms. The Morgan fingerprint density at radius 2 is 1.87 bits per heavy atom. The van der Waals surface area contributed by atoms with Crippen molar-refractivity contribution in [2.45, 2.75) is 19.8 Å². The second kappa shape index (κ2) is 10.3. The Balaban J connectivity index is 1.34. The number of ether oxygens (including phenoxy) is 1. The summed E-state index contributed by atoms with van der Waals surface area (Å²) < 4.78 is 5.97. The van der Waals surface area contributed by atoms with E-state index >= 15 is 0 Å². The minimum atomic E-state index is 0.615. The van der Waals surface area contributed by atoms with Crippen molar-refractivity contribution in [2.75, 3.05) is 46.4 Å². The van der Waals surface area contributed by atoms with Gasteiger partial charge in [-0.3, -0.25) is 0 Å². The average molecular weight is 439 g/mol. The zero-order chi connectivity index (χ0) is 21.6. The Hall–Kier alpha value is -2.34. The van der Waals surface area contributed by atoms with Crippen LogP contribution in [0, 0.1) is 6.92 Å². The van der Waals surface area contributed by atoms with E-state index in [2.05, 4.69) is 34.0 Å². The molecule has 3 aromatic rings. The third-order valence-electron chi connectivity index (χ3n) is 5.83. The molecule has 0 atom stereocenters. The number of hydrogen-bond acceptors (Lipinski definition) is 4. The average Bonchev–Trinajstić information content (AvgIpc) is 3.05. The lowest BCUT2D eigenvalue weighted by Gasteiger charge is -2.20. The van der Waals surface area contributed by atoms with Gasteiger partial charge in [-0.2, -0.15) is 0 Å². The van der Waals surface area contributed by atoms with Crippen molar-refractivity contribution in [3.05, 3.63) is 59.2 Å². The molecule has 1 saturated heterocycles. The molecule has 0 spiro atoms. The fourth-order valence-corrected chi connectivity index (χ4v) is 4.27. The monoisotopic (exact) mass is 438 g/mol. The molecule has 1 fully saturated rings. The van der Waals surface area contributed by atoms with Crippen molar-refractivity contribution >= 4 is 11.6 Å². The van der Waals surface area contributed by atoms with Gasteiger partial charge in [0.1, 0.15) is 11.6 Å². The molecule has 1 aliphatic heterocycles. The molecular formula is C25H31ClN4O. The van der Waals surface area contributed by atoms with Crippen LogP contribution in [0.15, 0.2) is 48.5 Å². The van der Waals surface area contributed by atoms with E-state index in [9.17, 15) is 0 Å². The lowest BCUT2D eigenvalue weighted by atomic mass is 10.1. The summed E-state index contributed by atoms with van der Waals surface area (Å²) in [5, 5.41) is 0.615. The Morgan fingerprint density at radius 3 is 2.68 bits per heavy atom. The number of imidazole rings is 1. The second-order valence-corrected chi connectivity index (χ2v) is 8.68. The first-order chi connectivity index (χ1) is 15.1. The molecule has 5 nitrogen and oxygen atoms in total. The van der Waals surface area contributed by atoms with E-state index in [-0.39, 0.29) is 0 Å². The second-order valence-electron chi connectivity index (χ2n) is 8.27. The molecule has 1 aromatic heterocycles. The third-order valence-corrected chi connectivity index (χ3v) is 6.12. The quantitative estimate of drug-likeness (QED) is 0.520. The van der Waals surface area contributed by atoms with Gasteiger partial charge in [0.05, 0.1) is 17.3 Å². The highest BCUT2D eigenvalue weighted by molar-refractivity contribution is 6.32. The minimum absolute atomic E-state index is 0.615. The molecule has 0 aliphatic carbocycles. The molecule has 4 rings (SSSR count). The van der Waals surface area contributed by atoms with Gasteiger partial charge in [0.15, 0.2) is 0 Å². The van der Waals surface area contributed by atoms with Crippen LogP contribution in [0.3, 0.4) is 0 Å². The van der Waals surface area contributed by atoms with E-state index in [1.165, 1.54) is 19.5 Å². The molecule has 31 heavy (non-hydrogen) atoms. The number of benzene rings is 2. The number of aromatic amines is 1. The Kier molecular flexibility index (Phi) is 7.28. The topological polar surface area (TPSA) is 44.4 Å². The fraction of sp³-hybridized carbons (Fsp3) is 0.400. The first-order valence-corrected chi connectivity index (χ1v) is 11.4. The van der Waals surface area contributed by atoms with E-state index in [1.807, 2.05) is 43.3 Å². The van der Waals surface area contributed by atoms with Crippen LogP contribution in [0.5, 0.6) is 5.75 Å². The molecular weight excluding hydrogens is 408 g/mol. The van der Waals surface area contributed by atoms with Crippen LogP contribution in [0.1, 0.15) is 18.5 Å². The van der Waals surface area contributed by atoms with Crippen LogP contribution in [0.4, 0.5) is 0 Å². The van der Waals surface area contributed by atoms with E-state index in [0.717, 1.165) is 60.1 Å². The number of nitrogens with one attached hydrogen (secondary N) is 1. The van der Waals surface area contributed by atoms with Gasteiger partial charge in [-0.05, 0) is 58.1 Å². The molecule has 0 unspecified atom stereocenters. The summed E-state index contributed by atoms with van der Waals surface area (Å²) in [6.07, 6.45) is 2.24. The maximum atomic E-state index is 6.53. The lowest BCUT2D eigenvalue weighted by Crippen LogP contribution is -2.30. The van der Waals surface area contributed by atoms with Crippen LogP contribution in [0.25, 0.3) is 22.6 Å². The SMILES string of the molecule is Cc1[nH]c(-c2ccc(OCCCN3CCCN(C)CC3)c(Cl)c2)nc1-c1ccccc1. The predicted octanol–water partition coefficient (Wildman–Crippen LogP) is 5.11. The van der Waals surface area contributed by atoms with Crippen molar-refractivity contribution in [3.63, 3.8) is 0 Å².